The van der Waals surface area contributed by atoms with E-state index in [1.165, 1.54) is 11.7 Å². The van der Waals surface area contributed by atoms with E-state index in [0.717, 1.165) is 0 Å². The number of anilines is 1. The van der Waals surface area contributed by atoms with E-state index in [1.807, 2.05) is 0 Å². The van der Waals surface area contributed by atoms with Gasteiger partial charge in [0.25, 0.3) is 0 Å². The highest BCUT2D eigenvalue weighted by atomic mass is 32.1. The maximum absolute atomic E-state index is 10.8. The fourth-order valence-corrected chi connectivity index (χ4v) is 0.880. The summed E-state index contributed by atoms with van der Waals surface area (Å²) in [5.74, 6) is -0.246. The second-order valence-corrected chi connectivity index (χ2v) is 2.44. The Balaban J connectivity index is 2.88. The monoisotopic (exact) mass is 188 g/mol. The third-order valence-electron chi connectivity index (χ3n) is 1.30. The van der Waals surface area contributed by atoms with Crippen LogP contribution >= 0.6 is 12.2 Å². The molecule has 0 spiro atoms. The van der Waals surface area contributed by atoms with Crippen LogP contribution in [0.3, 0.4) is 0 Å². The lowest BCUT2D eigenvalue weighted by molar-refractivity contribution is -0.141. The topological polar surface area (TPSA) is 85.9 Å². The summed E-state index contributed by atoms with van der Waals surface area (Å²) in [5.41, 5.74) is 5.39. The minimum absolute atomic E-state index is 0.0162. The Labute approximate surface area is 73.3 Å². The third-order valence-corrected chi connectivity index (χ3v) is 1.61. The highest BCUT2D eigenvalue weighted by Crippen LogP contribution is 1.98. The van der Waals surface area contributed by atoms with E-state index in [-0.39, 0.29) is 12.5 Å². The van der Waals surface area contributed by atoms with Crippen molar-refractivity contribution in [2.45, 2.75) is 6.54 Å². The molecular formula is C5H8N4O2S. The molecule has 1 rings (SSSR count). The molecule has 0 fully saturated rings. The molecule has 3 N–H and O–H groups in total. The molecule has 7 heteroatoms. The van der Waals surface area contributed by atoms with Crippen LogP contribution in [0, 0.1) is 4.77 Å². The number of nitrogen functional groups attached to an aromatic ring is 1. The lowest BCUT2D eigenvalue weighted by atomic mass is 10.6. The fraction of sp³-hybridized carbons (Fsp3) is 0.400. The van der Waals surface area contributed by atoms with Gasteiger partial charge in [0.05, 0.1) is 7.11 Å². The normalized spacial score (nSPS) is 9.75. The molecule has 66 valence electrons. The van der Waals surface area contributed by atoms with Gasteiger partial charge in [0.2, 0.25) is 5.95 Å². The number of aromatic amines is 1. The third kappa shape index (κ3) is 1.62. The first-order chi connectivity index (χ1) is 5.65. The van der Waals surface area contributed by atoms with E-state index in [1.54, 1.807) is 0 Å². The van der Waals surface area contributed by atoms with Gasteiger partial charge < -0.3 is 10.5 Å². The summed E-state index contributed by atoms with van der Waals surface area (Å²) < 4.78 is 6.08. The minimum atomic E-state index is -0.417. The number of nitrogens with one attached hydrogen (secondary N) is 1. The molecule has 1 heterocycles. The zero-order chi connectivity index (χ0) is 9.14. The number of ether oxygens (including phenoxy) is 1. The van der Waals surface area contributed by atoms with Crippen molar-refractivity contribution in [1.29, 1.82) is 0 Å². The quantitative estimate of drug-likeness (QED) is 0.491. The number of carbonyl (C=O) groups is 1. The van der Waals surface area contributed by atoms with Crippen molar-refractivity contribution >= 4 is 24.1 Å². The summed E-state index contributed by atoms with van der Waals surface area (Å²) in [4.78, 5) is 10.8. The van der Waals surface area contributed by atoms with Crippen molar-refractivity contribution in [3.05, 3.63) is 4.77 Å². The molecule has 1 aromatic rings. The molecule has 0 aromatic carbocycles. The summed E-state index contributed by atoms with van der Waals surface area (Å²) in [6, 6.07) is 0. The lowest BCUT2D eigenvalue weighted by Crippen LogP contribution is -2.13. The van der Waals surface area contributed by atoms with Crippen LogP contribution in [0.2, 0.25) is 0 Å². The zero-order valence-electron chi connectivity index (χ0n) is 6.40. The molecular weight excluding hydrogens is 180 g/mol. The van der Waals surface area contributed by atoms with Crippen LogP contribution in [0.5, 0.6) is 0 Å². The Morgan fingerprint density at radius 2 is 2.58 bits per heavy atom. The molecule has 0 atom stereocenters. The zero-order valence-corrected chi connectivity index (χ0v) is 7.22. The van der Waals surface area contributed by atoms with Crippen molar-refractivity contribution in [3.8, 4) is 0 Å². The van der Waals surface area contributed by atoms with Gasteiger partial charge >= 0.3 is 5.97 Å². The van der Waals surface area contributed by atoms with Gasteiger partial charge in [-0.3, -0.25) is 9.36 Å². The molecule has 0 aliphatic heterocycles. The van der Waals surface area contributed by atoms with Gasteiger partial charge in [-0.25, -0.2) is 5.10 Å². The van der Waals surface area contributed by atoms with Crippen LogP contribution in [0.15, 0.2) is 0 Å². The Kier molecular flexibility index (Phi) is 2.44. The van der Waals surface area contributed by atoms with Gasteiger partial charge in [-0.05, 0) is 12.2 Å². The maximum Gasteiger partial charge on any atom is 0.325 e. The SMILES string of the molecule is COC(=O)Cn1c(N)n[nH]c1=S. The van der Waals surface area contributed by atoms with E-state index in [9.17, 15) is 4.79 Å². The van der Waals surface area contributed by atoms with Crippen LogP contribution < -0.4 is 5.73 Å². The van der Waals surface area contributed by atoms with Gasteiger partial charge in [0.15, 0.2) is 4.77 Å². The smallest absolute Gasteiger partial charge is 0.325 e. The Hall–Kier alpha value is -1.37. The summed E-state index contributed by atoms with van der Waals surface area (Å²) in [6.45, 7) is -0.0162. The van der Waals surface area contributed by atoms with E-state index in [4.69, 9.17) is 18.0 Å². The van der Waals surface area contributed by atoms with Gasteiger partial charge in [-0.15, -0.1) is 5.10 Å². The molecule has 6 nitrogen and oxygen atoms in total. The highest BCUT2D eigenvalue weighted by Gasteiger charge is 2.06. The molecule has 12 heavy (non-hydrogen) atoms. The molecule has 0 unspecified atom stereocenters. The number of hydrogen-bond donors (Lipinski definition) is 2. The van der Waals surface area contributed by atoms with Crippen LogP contribution in [-0.4, -0.2) is 27.8 Å². The number of esters is 1. The predicted molar refractivity (Wildman–Crippen MR) is 43.8 cm³/mol. The molecule has 0 amide bonds. The minimum Gasteiger partial charge on any atom is -0.468 e. The molecule has 0 radical (unpaired) electrons. The van der Waals surface area contributed by atoms with Crippen molar-refractivity contribution in [2.75, 3.05) is 12.8 Å². The lowest BCUT2D eigenvalue weighted by Gasteiger charge is -2.00. The average molecular weight is 188 g/mol. The Morgan fingerprint density at radius 1 is 1.92 bits per heavy atom. The number of carbonyl (C=O) groups excluding carboxylic acids is 1. The number of H-pyrrole nitrogens is 1. The van der Waals surface area contributed by atoms with Gasteiger partial charge in [0.1, 0.15) is 6.54 Å². The van der Waals surface area contributed by atoms with Gasteiger partial charge in [-0.2, -0.15) is 0 Å². The van der Waals surface area contributed by atoms with Crippen molar-refractivity contribution < 1.29 is 9.53 Å². The largest absolute Gasteiger partial charge is 0.468 e. The van der Waals surface area contributed by atoms with Crippen molar-refractivity contribution in [3.63, 3.8) is 0 Å². The molecule has 1 aromatic heterocycles. The highest BCUT2D eigenvalue weighted by molar-refractivity contribution is 7.71. The molecule has 0 saturated heterocycles. The van der Waals surface area contributed by atoms with Crippen molar-refractivity contribution in [2.24, 2.45) is 0 Å². The molecule has 0 bridgehead atoms. The summed E-state index contributed by atoms with van der Waals surface area (Å²) in [7, 11) is 1.29. The summed E-state index contributed by atoms with van der Waals surface area (Å²) in [5, 5.41) is 6.07. The standard InChI is InChI=1S/C5H8N4O2S/c1-11-3(10)2-9-4(6)7-8-5(9)12/h2H2,1H3,(H2,6,7)(H,8,12). The first kappa shape index (κ1) is 8.72. The van der Waals surface area contributed by atoms with Crippen molar-refractivity contribution in [1.82, 2.24) is 14.8 Å². The van der Waals surface area contributed by atoms with E-state index < -0.39 is 5.97 Å². The number of methoxy groups -OCH3 is 1. The number of hydrogen-bond acceptors (Lipinski definition) is 5. The second-order valence-electron chi connectivity index (χ2n) is 2.05. The number of aromatic nitrogens is 3. The van der Waals surface area contributed by atoms with Crippen LogP contribution in [0.1, 0.15) is 0 Å². The number of nitrogens with two attached hydrogens (primary N) is 1. The van der Waals surface area contributed by atoms with E-state index in [0.29, 0.717) is 4.77 Å². The van der Waals surface area contributed by atoms with Gasteiger partial charge in [0, 0.05) is 0 Å². The predicted octanol–water partition coefficient (Wildman–Crippen LogP) is -0.304. The molecule has 0 aliphatic carbocycles. The number of rotatable bonds is 2. The van der Waals surface area contributed by atoms with Crippen LogP contribution in [0.25, 0.3) is 0 Å². The Bertz CT molecular complexity index is 341. The maximum atomic E-state index is 10.8. The number of nitrogens with zero attached hydrogens (tertiary/aromatic N) is 2. The summed E-state index contributed by atoms with van der Waals surface area (Å²) >= 11 is 4.80. The molecule has 0 aliphatic rings. The van der Waals surface area contributed by atoms with E-state index >= 15 is 0 Å². The summed E-state index contributed by atoms with van der Waals surface area (Å²) in [6.07, 6.45) is 0. The Morgan fingerprint density at radius 3 is 3.00 bits per heavy atom. The first-order valence-corrected chi connectivity index (χ1v) is 3.53. The van der Waals surface area contributed by atoms with Gasteiger partial charge in [-0.1, -0.05) is 0 Å². The second kappa shape index (κ2) is 3.35. The van der Waals surface area contributed by atoms with Crippen LogP contribution in [-0.2, 0) is 16.1 Å². The average Bonchev–Trinajstić information content (AvgIpc) is 2.35. The molecule has 0 saturated carbocycles. The first-order valence-electron chi connectivity index (χ1n) is 3.12. The van der Waals surface area contributed by atoms with E-state index in [2.05, 4.69) is 14.9 Å². The van der Waals surface area contributed by atoms with Crippen LogP contribution in [0.4, 0.5) is 5.95 Å². The fourth-order valence-electron chi connectivity index (χ4n) is 0.676.